The van der Waals surface area contributed by atoms with Crippen LogP contribution in [0.2, 0.25) is 5.02 Å². The summed E-state index contributed by atoms with van der Waals surface area (Å²) in [5.41, 5.74) is 5.34. The molecule has 1 aromatic rings. The zero-order valence-electron chi connectivity index (χ0n) is 7.40. The molecule has 0 heterocycles. The Balaban J connectivity index is 3.25. The molecule has 0 bridgehead atoms. The molecule has 0 amide bonds. The maximum atomic E-state index is 13.1. The van der Waals surface area contributed by atoms with Crippen LogP contribution in [-0.4, -0.2) is 6.43 Å². The van der Waals surface area contributed by atoms with Gasteiger partial charge in [0.15, 0.2) is 0 Å². The lowest BCUT2D eigenvalue weighted by Gasteiger charge is -2.14. The van der Waals surface area contributed by atoms with E-state index in [1.165, 1.54) is 6.07 Å². The number of alkyl halides is 2. The first-order chi connectivity index (χ1) is 6.45. The van der Waals surface area contributed by atoms with Crippen molar-refractivity contribution in [1.82, 2.24) is 0 Å². The quantitative estimate of drug-likeness (QED) is 0.819. The monoisotopic (exact) mass is 223 g/mol. The lowest BCUT2D eigenvalue weighted by molar-refractivity contribution is 0.115. The van der Waals surface area contributed by atoms with Crippen molar-refractivity contribution < 1.29 is 13.2 Å². The van der Waals surface area contributed by atoms with Crippen LogP contribution < -0.4 is 5.73 Å². The second-order valence-corrected chi connectivity index (χ2v) is 3.33. The minimum Gasteiger partial charge on any atom is -0.319 e. The van der Waals surface area contributed by atoms with E-state index < -0.39 is 18.3 Å². The molecule has 1 aromatic carbocycles. The molecule has 0 aliphatic carbocycles. The van der Waals surface area contributed by atoms with Gasteiger partial charge in [0.1, 0.15) is 5.82 Å². The Morgan fingerprint density at radius 1 is 1.36 bits per heavy atom. The van der Waals surface area contributed by atoms with Crippen molar-refractivity contribution in [3.63, 3.8) is 0 Å². The first-order valence-electron chi connectivity index (χ1n) is 3.93. The van der Waals surface area contributed by atoms with Gasteiger partial charge in [0.25, 0.3) is 6.43 Å². The van der Waals surface area contributed by atoms with Crippen LogP contribution in [0.1, 0.15) is 17.2 Å². The average Bonchev–Trinajstić information content (AvgIpc) is 2.12. The van der Waals surface area contributed by atoms with Gasteiger partial charge < -0.3 is 5.73 Å². The molecule has 0 unspecified atom stereocenters. The molecule has 0 radical (unpaired) electrons. The first kappa shape index (κ1) is 11.3. The van der Waals surface area contributed by atoms with Crippen LogP contribution in [0.5, 0.6) is 0 Å². The molecule has 0 aliphatic heterocycles. The largest absolute Gasteiger partial charge is 0.319 e. The van der Waals surface area contributed by atoms with E-state index in [9.17, 15) is 13.2 Å². The Labute approximate surface area is 84.7 Å². The van der Waals surface area contributed by atoms with Crippen molar-refractivity contribution in [2.75, 3.05) is 0 Å². The highest BCUT2D eigenvalue weighted by Crippen LogP contribution is 2.30. The molecule has 2 N–H and O–H groups in total. The Morgan fingerprint density at radius 2 is 1.93 bits per heavy atom. The fourth-order valence-electron chi connectivity index (χ4n) is 1.11. The highest BCUT2D eigenvalue weighted by Gasteiger charge is 2.24. The van der Waals surface area contributed by atoms with Crippen molar-refractivity contribution in [1.29, 1.82) is 0 Å². The van der Waals surface area contributed by atoms with Crippen LogP contribution in [0.25, 0.3) is 0 Å². The van der Waals surface area contributed by atoms with E-state index in [0.717, 1.165) is 6.07 Å². The van der Waals surface area contributed by atoms with Gasteiger partial charge in [-0.25, -0.2) is 13.2 Å². The Bertz CT molecular complexity index is 341. The number of halogens is 4. The van der Waals surface area contributed by atoms with Crippen LogP contribution in [0.4, 0.5) is 13.2 Å². The predicted octanol–water partition coefficient (Wildman–Crippen LogP) is 3.05. The number of benzene rings is 1. The number of hydrogen-bond acceptors (Lipinski definition) is 1. The van der Waals surface area contributed by atoms with E-state index >= 15 is 0 Å². The lowest BCUT2D eigenvalue weighted by Crippen LogP contribution is -2.21. The van der Waals surface area contributed by atoms with Gasteiger partial charge in [0.2, 0.25) is 0 Å². The Morgan fingerprint density at radius 3 is 2.43 bits per heavy atom. The van der Waals surface area contributed by atoms with Crippen LogP contribution in [0.15, 0.2) is 12.1 Å². The van der Waals surface area contributed by atoms with E-state index in [1.54, 1.807) is 6.92 Å². The normalized spacial score (nSPS) is 13.4. The van der Waals surface area contributed by atoms with Gasteiger partial charge >= 0.3 is 0 Å². The van der Waals surface area contributed by atoms with Gasteiger partial charge in [-0.3, -0.25) is 0 Å². The summed E-state index contributed by atoms with van der Waals surface area (Å²) in [6.45, 7) is 1.60. The molecule has 0 aliphatic rings. The third kappa shape index (κ3) is 2.01. The summed E-state index contributed by atoms with van der Waals surface area (Å²) in [5.74, 6) is -0.798. The second-order valence-electron chi connectivity index (χ2n) is 2.95. The molecule has 78 valence electrons. The van der Waals surface area contributed by atoms with Crippen molar-refractivity contribution in [3.05, 3.63) is 34.1 Å². The van der Waals surface area contributed by atoms with Crippen molar-refractivity contribution in [3.8, 4) is 0 Å². The molecule has 0 spiro atoms. The summed E-state index contributed by atoms with van der Waals surface area (Å²) in [4.78, 5) is 0. The maximum absolute atomic E-state index is 13.1. The predicted molar refractivity (Wildman–Crippen MR) is 49.1 cm³/mol. The van der Waals surface area contributed by atoms with E-state index in [1.807, 2.05) is 0 Å². The topological polar surface area (TPSA) is 26.0 Å². The summed E-state index contributed by atoms with van der Waals surface area (Å²) in [6.07, 6.45) is -2.83. The minimum atomic E-state index is -2.83. The van der Waals surface area contributed by atoms with E-state index in [4.69, 9.17) is 17.3 Å². The molecular weight excluding hydrogens is 215 g/mol. The molecule has 1 rings (SSSR count). The Kier molecular flexibility index (Phi) is 3.39. The maximum Gasteiger partial charge on any atom is 0.257 e. The molecule has 0 aromatic heterocycles. The summed E-state index contributed by atoms with van der Waals surface area (Å²) in [6, 6.07) is 0.820. The molecule has 14 heavy (non-hydrogen) atoms. The van der Waals surface area contributed by atoms with Crippen molar-refractivity contribution >= 4 is 11.6 Å². The van der Waals surface area contributed by atoms with E-state index in [2.05, 4.69) is 0 Å². The molecule has 0 saturated heterocycles. The van der Waals surface area contributed by atoms with Gasteiger partial charge in [-0.15, -0.1) is 0 Å². The number of rotatable bonds is 2. The van der Waals surface area contributed by atoms with Crippen LogP contribution >= 0.6 is 11.6 Å². The molecule has 1 nitrogen and oxygen atoms in total. The third-order valence-electron chi connectivity index (χ3n) is 1.92. The standard InChI is InChI=1S/C9H9ClF3N/c1-4-2-3-5(11)6(7(4)10)8(14)9(12)13/h2-3,8-9H,14H2,1H3/t8-/m1/s1. The minimum absolute atomic E-state index is 0.0298. The highest BCUT2D eigenvalue weighted by atomic mass is 35.5. The summed E-state index contributed by atoms with van der Waals surface area (Å²) >= 11 is 5.68. The van der Waals surface area contributed by atoms with Gasteiger partial charge in [-0.2, -0.15) is 0 Å². The Hall–Kier alpha value is -0.740. The number of nitrogens with two attached hydrogens (primary N) is 1. The summed E-state index contributed by atoms with van der Waals surface area (Å²) < 4.78 is 37.7. The summed E-state index contributed by atoms with van der Waals surface area (Å²) in [7, 11) is 0. The number of hydrogen-bond donors (Lipinski definition) is 1. The van der Waals surface area contributed by atoms with Crippen molar-refractivity contribution in [2.24, 2.45) is 5.73 Å². The molecule has 5 heteroatoms. The molecule has 1 atom stereocenters. The zero-order chi connectivity index (χ0) is 10.9. The molecule has 0 saturated carbocycles. The molecule has 0 fully saturated rings. The zero-order valence-corrected chi connectivity index (χ0v) is 8.15. The fraction of sp³-hybridized carbons (Fsp3) is 0.333. The van der Waals surface area contributed by atoms with Crippen LogP contribution in [0, 0.1) is 12.7 Å². The highest BCUT2D eigenvalue weighted by molar-refractivity contribution is 6.32. The first-order valence-corrected chi connectivity index (χ1v) is 4.31. The van der Waals surface area contributed by atoms with Gasteiger partial charge in [0.05, 0.1) is 11.1 Å². The van der Waals surface area contributed by atoms with E-state index in [0.29, 0.717) is 5.56 Å². The second kappa shape index (κ2) is 4.19. The van der Waals surface area contributed by atoms with E-state index in [-0.39, 0.29) is 10.6 Å². The fourth-order valence-corrected chi connectivity index (χ4v) is 1.39. The SMILES string of the molecule is Cc1ccc(F)c([C@@H](N)C(F)F)c1Cl. The van der Waals surface area contributed by atoms with Gasteiger partial charge in [-0.1, -0.05) is 17.7 Å². The third-order valence-corrected chi connectivity index (χ3v) is 2.43. The van der Waals surface area contributed by atoms with Crippen LogP contribution in [-0.2, 0) is 0 Å². The molecular formula is C9H9ClF3N. The van der Waals surface area contributed by atoms with Gasteiger partial charge in [-0.05, 0) is 18.6 Å². The summed E-state index contributed by atoms with van der Waals surface area (Å²) in [5, 5.41) is -0.0298. The lowest BCUT2D eigenvalue weighted by atomic mass is 10.0. The van der Waals surface area contributed by atoms with Gasteiger partial charge in [0, 0.05) is 5.56 Å². The van der Waals surface area contributed by atoms with Crippen LogP contribution in [0.3, 0.4) is 0 Å². The van der Waals surface area contributed by atoms with Crippen molar-refractivity contribution in [2.45, 2.75) is 19.4 Å². The smallest absolute Gasteiger partial charge is 0.257 e. The average molecular weight is 224 g/mol. The number of aryl methyl sites for hydroxylation is 1.